The lowest BCUT2D eigenvalue weighted by atomic mass is 9.94. The van der Waals surface area contributed by atoms with Crippen LogP contribution in [0.15, 0.2) is 64.8 Å². The Morgan fingerprint density at radius 2 is 1.70 bits per heavy atom. The second kappa shape index (κ2) is 7.94. The van der Waals surface area contributed by atoms with Gasteiger partial charge in [-0.2, -0.15) is 28.4 Å². The van der Waals surface area contributed by atoms with Crippen LogP contribution in [0.4, 0.5) is 13.2 Å². The van der Waals surface area contributed by atoms with Crippen molar-refractivity contribution in [3.63, 3.8) is 0 Å². The number of rotatable bonds is 4. The van der Waals surface area contributed by atoms with Crippen molar-refractivity contribution in [1.82, 2.24) is 10.0 Å². The van der Waals surface area contributed by atoms with E-state index < -0.39 is 25.5 Å². The second-order valence-corrected chi connectivity index (χ2v) is 7.51. The fourth-order valence-corrected chi connectivity index (χ4v) is 3.49. The molecule has 2 aliphatic heterocycles. The molecule has 2 aromatic carbocycles. The summed E-state index contributed by atoms with van der Waals surface area (Å²) in [5.41, 5.74) is 2.49. The number of hydrogen-bond acceptors (Lipinski definition) is 5. The average molecular weight is 455 g/mol. The Morgan fingerprint density at radius 1 is 1.00 bits per heavy atom. The molecule has 156 valence electrons. The van der Waals surface area contributed by atoms with Crippen molar-refractivity contribution >= 4 is 40.3 Å². The van der Waals surface area contributed by atoms with Gasteiger partial charge in [-0.1, -0.05) is 53.5 Å². The summed E-state index contributed by atoms with van der Waals surface area (Å²) in [5, 5.41) is 22.2. The van der Waals surface area contributed by atoms with Crippen molar-refractivity contribution in [3.05, 3.63) is 75.8 Å². The van der Waals surface area contributed by atoms with E-state index in [1.54, 1.807) is 54.6 Å². The van der Waals surface area contributed by atoms with Crippen LogP contribution in [0.1, 0.15) is 17.5 Å². The number of fused-ring (bicyclic) bond motifs is 1. The summed E-state index contributed by atoms with van der Waals surface area (Å²) in [7, 11) is 0. The van der Waals surface area contributed by atoms with Gasteiger partial charge in [0.2, 0.25) is 6.35 Å². The largest absolute Gasteiger partial charge is 0.390 e. The fourth-order valence-electron chi connectivity index (χ4n) is 3.14. The van der Waals surface area contributed by atoms with Crippen molar-refractivity contribution < 1.29 is 18.3 Å². The van der Waals surface area contributed by atoms with Crippen LogP contribution in [0.3, 0.4) is 0 Å². The highest BCUT2D eigenvalue weighted by molar-refractivity contribution is 6.42. The number of amidine groups is 1. The first kappa shape index (κ1) is 20.7. The summed E-state index contributed by atoms with van der Waals surface area (Å²) < 4.78 is 37.8. The van der Waals surface area contributed by atoms with Crippen LogP contribution < -0.4 is 0 Å². The molecule has 2 aromatic rings. The van der Waals surface area contributed by atoms with E-state index in [1.165, 1.54) is 5.01 Å². The lowest BCUT2D eigenvalue weighted by molar-refractivity contribution is -0.147. The smallest absolute Gasteiger partial charge is 0.354 e. The normalized spacial score (nSPS) is 18.7. The van der Waals surface area contributed by atoms with Crippen molar-refractivity contribution in [2.45, 2.75) is 18.9 Å². The Kier molecular flexibility index (Phi) is 5.48. The standard InChI is InChI=1S/C20H15Cl2F3N4O/c21-13-7-5-12(6-8-13)15-11-17-26-28(10-9-20(23,24)25)19(30)29(17)27-18(15)14-3-1-2-4-16(14)22/h1-8,11,19,30H,9-10H2. The molecule has 0 spiro atoms. The van der Waals surface area contributed by atoms with Crippen LogP contribution in [-0.2, 0) is 0 Å². The quantitative estimate of drug-likeness (QED) is 0.710. The maximum Gasteiger partial charge on any atom is 0.390 e. The number of aliphatic hydroxyl groups excluding tert-OH is 1. The molecular weight excluding hydrogens is 440 g/mol. The lowest BCUT2D eigenvalue weighted by Gasteiger charge is -2.27. The molecule has 0 bridgehead atoms. The molecule has 5 nitrogen and oxygen atoms in total. The second-order valence-electron chi connectivity index (χ2n) is 6.67. The van der Waals surface area contributed by atoms with Crippen molar-refractivity contribution in [2.24, 2.45) is 10.2 Å². The molecule has 1 unspecified atom stereocenters. The summed E-state index contributed by atoms with van der Waals surface area (Å²) in [4.78, 5) is 0. The molecular formula is C20H15Cl2F3N4O. The maximum absolute atomic E-state index is 12.6. The van der Waals surface area contributed by atoms with Gasteiger partial charge >= 0.3 is 6.18 Å². The number of hydrazone groups is 2. The van der Waals surface area contributed by atoms with Crippen LogP contribution in [0, 0.1) is 0 Å². The first-order valence-electron chi connectivity index (χ1n) is 8.94. The number of benzene rings is 2. The minimum absolute atomic E-state index is 0.227. The van der Waals surface area contributed by atoms with Crippen LogP contribution in [-0.4, -0.2) is 45.7 Å². The van der Waals surface area contributed by atoms with Crippen molar-refractivity contribution in [3.8, 4) is 0 Å². The Labute approximate surface area is 180 Å². The number of allylic oxidation sites excluding steroid dienone is 1. The highest BCUT2D eigenvalue weighted by atomic mass is 35.5. The van der Waals surface area contributed by atoms with E-state index in [4.69, 9.17) is 23.2 Å². The zero-order valence-corrected chi connectivity index (χ0v) is 16.8. The van der Waals surface area contributed by atoms with Gasteiger partial charge in [0.05, 0.1) is 11.4 Å². The van der Waals surface area contributed by atoms with Crippen LogP contribution in [0.2, 0.25) is 10.0 Å². The molecule has 4 rings (SSSR count). The summed E-state index contributed by atoms with van der Waals surface area (Å²) in [6.07, 6.45) is -5.27. The van der Waals surface area contributed by atoms with E-state index in [0.717, 1.165) is 10.6 Å². The summed E-state index contributed by atoms with van der Waals surface area (Å²) >= 11 is 12.4. The van der Waals surface area contributed by atoms with Crippen LogP contribution in [0.5, 0.6) is 0 Å². The van der Waals surface area contributed by atoms with Gasteiger partial charge in [-0.3, -0.25) is 0 Å². The molecule has 2 aliphatic rings. The predicted octanol–water partition coefficient (Wildman–Crippen LogP) is 4.95. The molecule has 30 heavy (non-hydrogen) atoms. The topological polar surface area (TPSA) is 51.4 Å². The molecule has 1 atom stereocenters. The lowest BCUT2D eigenvalue weighted by Crippen LogP contribution is -2.41. The van der Waals surface area contributed by atoms with E-state index in [2.05, 4.69) is 10.2 Å². The van der Waals surface area contributed by atoms with Gasteiger partial charge in [0.15, 0.2) is 5.84 Å². The molecule has 0 saturated heterocycles. The van der Waals surface area contributed by atoms with E-state index in [0.29, 0.717) is 26.9 Å². The average Bonchev–Trinajstić information content (AvgIpc) is 3.01. The minimum atomic E-state index is -4.36. The number of nitrogens with zero attached hydrogens (tertiary/aromatic N) is 4. The van der Waals surface area contributed by atoms with Crippen molar-refractivity contribution in [2.75, 3.05) is 6.54 Å². The van der Waals surface area contributed by atoms with E-state index in [-0.39, 0.29) is 5.84 Å². The van der Waals surface area contributed by atoms with Gasteiger partial charge in [-0.15, -0.1) is 0 Å². The van der Waals surface area contributed by atoms with Crippen molar-refractivity contribution in [1.29, 1.82) is 0 Å². The Balaban J connectivity index is 1.76. The van der Waals surface area contributed by atoms with Gasteiger partial charge in [0, 0.05) is 22.7 Å². The number of aliphatic hydroxyl groups is 1. The van der Waals surface area contributed by atoms with Gasteiger partial charge < -0.3 is 5.11 Å². The van der Waals surface area contributed by atoms with E-state index in [1.807, 2.05) is 0 Å². The summed E-state index contributed by atoms with van der Waals surface area (Å²) in [5.74, 6) is 0.227. The first-order valence-corrected chi connectivity index (χ1v) is 9.69. The van der Waals surface area contributed by atoms with E-state index >= 15 is 0 Å². The summed E-state index contributed by atoms with van der Waals surface area (Å²) in [6, 6.07) is 14.1. The third-order valence-electron chi connectivity index (χ3n) is 4.60. The zero-order valence-electron chi connectivity index (χ0n) is 15.3. The van der Waals surface area contributed by atoms with E-state index in [9.17, 15) is 18.3 Å². The Morgan fingerprint density at radius 3 is 2.37 bits per heavy atom. The Bertz CT molecular complexity index is 1050. The maximum atomic E-state index is 12.6. The number of alkyl halides is 3. The molecule has 0 saturated carbocycles. The predicted molar refractivity (Wildman–Crippen MR) is 110 cm³/mol. The highest BCUT2D eigenvalue weighted by Gasteiger charge is 2.38. The fraction of sp³-hybridized carbons (Fsp3) is 0.200. The Hall–Kier alpha value is -2.55. The van der Waals surface area contributed by atoms with Gasteiger partial charge in [-0.05, 0) is 29.8 Å². The van der Waals surface area contributed by atoms with Crippen LogP contribution in [0.25, 0.3) is 5.57 Å². The van der Waals surface area contributed by atoms with Gasteiger partial charge in [-0.25, -0.2) is 5.01 Å². The molecule has 0 radical (unpaired) electrons. The zero-order chi connectivity index (χ0) is 21.5. The molecule has 0 aliphatic carbocycles. The SMILES string of the molecule is OC1N(CCC(F)(F)F)N=C2C=C(c3ccc(Cl)cc3)C(c3ccccc3Cl)=NN21. The van der Waals surface area contributed by atoms with Crippen LogP contribution >= 0.6 is 23.2 Å². The van der Waals surface area contributed by atoms with Gasteiger partial charge in [0.25, 0.3) is 0 Å². The number of halogens is 5. The molecule has 10 heteroatoms. The molecule has 0 amide bonds. The summed E-state index contributed by atoms with van der Waals surface area (Å²) in [6.45, 7) is -0.494. The highest BCUT2D eigenvalue weighted by Crippen LogP contribution is 2.32. The molecule has 0 aromatic heterocycles. The molecule has 0 fully saturated rings. The monoisotopic (exact) mass is 454 g/mol. The third-order valence-corrected chi connectivity index (χ3v) is 5.18. The molecule has 2 heterocycles. The number of hydrogen-bond donors (Lipinski definition) is 1. The molecule has 1 N–H and O–H groups in total. The first-order chi connectivity index (χ1) is 14.2. The third kappa shape index (κ3) is 4.16. The minimum Gasteiger partial charge on any atom is -0.354 e. The van der Waals surface area contributed by atoms with Gasteiger partial charge in [0.1, 0.15) is 5.71 Å².